The van der Waals surface area contributed by atoms with Gasteiger partial charge in [0.1, 0.15) is 0 Å². The molecule has 2 amide bonds. The van der Waals surface area contributed by atoms with E-state index in [4.69, 9.17) is 0 Å². The summed E-state index contributed by atoms with van der Waals surface area (Å²) in [5.41, 5.74) is 0. The summed E-state index contributed by atoms with van der Waals surface area (Å²) in [6.45, 7) is 3.75. The Morgan fingerprint density at radius 3 is 2.35 bits per heavy atom. The van der Waals surface area contributed by atoms with Gasteiger partial charge in [0.15, 0.2) is 0 Å². The maximum absolute atomic E-state index is 11.9. The lowest BCUT2D eigenvalue weighted by molar-refractivity contribution is -0.139. The smallest absolute Gasteiger partial charge is 0.242 e. The number of carbonyl (C=O) groups excluding carboxylic acids is 2. The van der Waals surface area contributed by atoms with Crippen molar-refractivity contribution in [2.75, 3.05) is 60.4 Å². The van der Waals surface area contributed by atoms with Gasteiger partial charge in [0.05, 0.1) is 13.1 Å². The van der Waals surface area contributed by atoms with Crippen LogP contribution < -0.4 is 5.32 Å². The SMILES string of the molecule is CNCC(=O)N(C)CC(=O)N1CCN(C)CC1. The van der Waals surface area contributed by atoms with Crippen molar-refractivity contribution in [2.45, 2.75) is 0 Å². The number of carbonyl (C=O) groups is 2. The molecule has 1 aliphatic heterocycles. The lowest BCUT2D eigenvalue weighted by Gasteiger charge is -2.33. The van der Waals surface area contributed by atoms with Gasteiger partial charge in [0.25, 0.3) is 0 Å². The Hall–Kier alpha value is -1.14. The number of rotatable bonds is 4. The standard InChI is InChI=1S/C11H22N4O2/c1-12-8-10(16)14(3)9-11(17)15-6-4-13(2)5-7-15/h12H,4-9H2,1-3H3. The third-order valence-corrected chi connectivity index (χ3v) is 2.98. The zero-order chi connectivity index (χ0) is 12.8. The van der Waals surface area contributed by atoms with Crippen LogP contribution in [0.25, 0.3) is 0 Å². The predicted molar refractivity (Wildman–Crippen MR) is 65.6 cm³/mol. The lowest BCUT2D eigenvalue weighted by Crippen LogP contribution is -2.50. The maximum Gasteiger partial charge on any atom is 0.242 e. The average molecular weight is 242 g/mol. The van der Waals surface area contributed by atoms with Gasteiger partial charge in [-0.15, -0.1) is 0 Å². The van der Waals surface area contributed by atoms with Gasteiger partial charge >= 0.3 is 0 Å². The lowest BCUT2D eigenvalue weighted by atomic mass is 10.3. The third-order valence-electron chi connectivity index (χ3n) is 2.98. The molecule has 1 rings (SSSR count). The molecular weight excluding hydrogens is 220 g/mol. The number of piperazine rings is 1. The minimum Gasteiger partial charge on any atom is -0.339 e. The number of hydrogen-bond acceptors (Lipinski definition) is 4. The number of amides is 2. The first-order chi connectivity index (χ1) is 8.04. The highest BCUT2D eigenvalue weighted by Crippen LogP contribution is 2.00. The maximum atomic E-state index is 11.9. The van der Waals surface area contributed by atoms with Gasteiger partial charge < -0.3 is 20.0 Å². The van der Waals surface area contributed by atoms with Crippen molar-refractivity contribution in [3.8, 4) is 0 Å². The van der Waals surface area contributed by atoms with E-state index >= 15 is 0 Å². The number of nitrogens with one attached hydrogen (secondary N) is 1. The van der Waals surface area contributed by atoms with E-state index in [-0.39, 0.29) is 24.9 Å². The van der Waals surface area contributed by atoms with E-state index in [2.05, 4.69) is 10.2 Å². The highest BCUT2D eigenvalue weighted by Gasteiger charge is 2.21. The molecule has 6 heteroatoms. The number of nitrogens with zero attached hydrogens (tertiary/aromatic N) is 3. The minimum absolute atomic E-state index is 0.0325. The molecule has 0 atom stereocenters. The van der Waals surface area contributed by atoms with Crippen LogP contribution in [0.3, 0.4) is 0 Å². The van der Waals surface area contributed by atoms with E-state index in [1.165, 1.54) is 4.90 Å². The molecule has 1 fully saturated rings. The summed E-state index contributed by atoms with van der Waals surface area (Å²) in [5, 5.41) is 2.78. The van der Waals surface area contributed by atoms with E-state index in [9.17, 15) is 9.59 Å². The van der Waals surface area contributed by atoms with Crippen LogP contribution in [0.1, 0.15) is 0 Å². The molecule has 0 aromatic rings. The third kappa shape index (κ3) is 4.32. The molecule has 0 aliphatic carbocycles. The summed E-state index contributed by atoms with van der Waals surface area (Å²) in [7, 11) is 5.42. The van der Waals surface area contributed by atoms with Crippen molar-refractivity contribution in [2.24, 2.45) is 0 Å². The Kier molecular flexibility index (Phi) is 5.37. The fourth-order valence-corrected chi connectivity index (χ4v) is 1.73. The van der Waals surface area contributed by atoms with Gasteiger partial charge in [-0.2, -0.15) is 0 Å². The molecule has 1 heterocycles. The summed E-state index contributed by atoms with van der Waals surface area (Å²) in [6, 6.07) is 0. The molecule has 0 bridgehead atoms. The van der Waals surface area contributed by atoms with Crippen molar-refractivity contribution >= 4 is 11.8 Å². The number of hydrogen-bond donors (Lipinski definition) is 1. The Morgan fingerprint density at radius 1 is 1.24 bits per heavy atom. The minimum atomic E-state index is -0.0602. The van der Waals surface area contributed by atoms with E-state index in [0.717, 1.165) is 26.2 Å². The quantitative estimate of drug-likeness (QED) is 0.648. The second-order valence-corrected chi connectivity index (χ2v) is 4.46. The second-order valence-electron chi connectivity index (χ2n) is 4.46. The first-order valence-electron chi connectivity index (χ1n) is 5.89. The molecular formula is C11H22N4O2. The van der Waals surface area contributed by atoms with Gasteiger partial charge in [-0.25, -0.2) is 0 Å². The van der Waals surface area contributed by atoms with Crippen LogP contribution in [0.4, 0.5) is 0 Å². The fourth-order valence-electron chi connectivity index (χ4n) is 1.73. The molecule has 0 spiro atoms. The highest BCUT2D eigenvalue weighted by atomic mass is 16.2. The zero-order valence-electron chi connectivity index (χ0n) is 10.9. The van der Waals surface area contributed by atoms with Gasteiger partial charge in [-0.1, -0.05) is 0 Å². The van der Waals surface area contributed by atoms with Crippen molar-refractivity contribution in [3.63, 3.8) is 0 Å². The fraction of sp³-hybridized carbons (Fsp3) is 0.818. The van der Waals surface area contributed by atoms with Crippen molar-refractivity contribution in [1.82, 2.24) is 20.0 Å². The van der Waals surface area contributed by atoms with Crippen LogP contribution >= 0.6 is 0 Å². The van der Waals surface area contributed by atoms with Crippen LogP contribution in [-0.4, -0.2) is 86.9 Å². The van der Waals surface area contributed by atoms with Crippen molar-refractivity contribution in [3.05, 3.63) is 0 Å². The summed E-state index contributed by atoms with van der Waals surface area (Å²) >= 11 is 0. The largest absolute Gasteiger partial charge is 0.339 e. The van der Waals surface area contributed by atoms with Gasteiger partial charge in [-0.05, 0) is 14.1 Å². The molecule has 0 saturated carbocycles. The van der Waals surface area contributed by atoms with Gasteiger partial charge in [-0.3, -0.25) is 9.59 Å². The molecule has 1 N–H and O–H groups in total. The Balaban J connectivity index is 2.35. The van der Waals surface area contributed by atoms with E-state index in [1.807, 2.05) is 11.9 Å². The van der Waals surface area contributed by atoms with E-state index in [0.29, 0.717) is 0 Å². The Bertz CT molecular complexity index is 275. The topological polar surface area (TPSA) is 55.9 Å². The summed E-state index contributed by atoms with van der Waals surface area (Å²) in [6.07, 6.45) is 0. The molecule has 17 heavy (non-hydrogen) atoms. The molecule has 0 aromatic heterocycles. The van der Waals surface area contributed by atoms with Crippen molar-refractivity contribution < 1.29 is 9.59 Å². The molecule has 0 radical (unpaired) electrons. The first kappa shape index (κ1) is 13.9. The van der Waals surface area contributed by atoms with Crippen LogP contribution in [0.15, 0.2) is 0 Å². The number of likely N-dealkylation sites (N-methyl/N-ethyl adjacent to an activating group) is 3. The van der Waals surface area contributed by atoms with Crippen LogP contribution in [0.5, 0.6) is 0 Å². The molecule has 0 unspecified atom stereocenters. The molecule has 98 valence electrons. The Labute approximate surface area is 103 Å². The summed E-state index contributed by atoms with van der Waals surface area (Å²) in [5.74, 6) is -0.0277. The normalized spacial score (nSPS) is 17.0. The van der Waals surface area contributed by atoms with Gasteiger partial charge in [0, 0.05) is 33.2 Å². The average Bonchev–Trinajstić information content (AvgIpc) is 2.30. The monoisotopic (exact) mass is 242 g/mol. The highest BCUT2D eigenvalue weighted by molar-refractivity contribution is 5.85. The second kappa shape index (κ2) is 6.56. The zero-order valence-corrected chi connectivity index (χ0v) is 10.9. The van der Waals surface area contributed by atoms with Crippen LogP contribution in [0.2, 0.25) is 0 Å². The Morgan fingerprint density at radius 2 is 1.82 bits per heavy atom. The van der Waals surface area contributed by atoms with Crippen molar-refractivity contribution in [1.29, 1.82) is 0 Å². The van der Waals surface area contributed by atoms with Crippen LogP contribution in [0, 0.1) is 0 Å². The summed E-state index contributed by atoms with van der Waals surface area (Å²) in [4.78, 5) is 28.9. The molecule has 6 nitrogen and oxygen atoms in total. The first-order valence-corrected chi connectivity index (χ1v) is 5.89. The predicted octanol–water partition coefficient (Wildman–Crippen LogP) is -1.56. The molecule has 0 aromatic carbocycles. The molecule has 1 saturated heterocycles. The molecule has 1 aliphatic rings. The van der Waals surface area contributed by atoms with Crippen LogP contribution in [-0.2, 0) is 9.59 Å². The van der Waals surface area contributed by atoms with Gasteiger partial charge in [0.2, 0.25) is 11.8 Å². The van der Waals surface area contributed by atoms with E-state index < -0.39 is 0 Å². The van der Waals surface area contributed by atoms with E-state index in [1.54, 1.807) is 14.1 Å². The summed E-state index contributed by atoms with van der Waals surface area (Å²) < 4.78 is 0.